The quantitative estimate of drug-likeness (QED) is 0.170. The summed E-state index contributed by atoms with van der Waals surface area (Å²) in [5.41, 5.74) is 6.75. The first-order valence-corrected chi connectivity index (χ1v) is 14.9. The number of aromatic nitrogens is 1. The number of aryl methyl sites for hydroxylation is 2. The molecule has 1 amide bonds. The number of hydrogen-bond donors (Lipinski definition) is 1. The van der Waals surface area contributed by atoms with Crippen LogP contribution in [-0.4, -0.2) is 45.9 Å². The van der Waals surface area contributed by atoms with Gasteiger partial charge in [0.1, 0.15) is 18.0 Å². The Bertz CT molecular complexity index is 1730. The Hall–Kier alpha value is -3.99. The summed E-state index contributed by atoms with van der Waals surface area (Å²) >= 11 is 12.4. The van der Waals surface area contributed by atoms with Crippen molar-refractivity contribution in [3.63, 3.8) is 0 Å². The maximum Gasteiger partial charge on any atom is 0.264 e. The van der Waals surface area contributed by atoms with Crippen LogP contribution in [0.25, 0.3) is 5.69 Å². The second-order valence-electron chi connectivity index (χ2n) is 9.45. The minimum atomic E-state index is -4.19. The summed E-state index contributed by atoms with van der Waals surface area (Å²) in [6.07, 6.45) is 1.49. The van der Waals surface area contributed by atoms with Crippen molar-refractivity contribution in [2.45, 2.75) is 25.7 Å². The molecule has 0 unspecified atom stereocenters. The molecule has 0 saturated heterocycles. The monoisotopic (exact) mass is 628 g/mol. The Morgan fingerprint density at radius 2 is 1.62 bits per heavy atom. The number of hydrogen-bond acceptors (Lipinski definition) is 6. The second kappa shape index (κ2) is 12.9. The number of methoxy groups -OCH3 is 2. The van der Waals surface area contributed by atoms with E-state index >= 15 is 0 Å². The fourth-order valence-corrected chi connectivity index (χ4v) is 6.39. The Labute approximate surface area is 255 Å². The van der Waals surface area contributed by atoms with Gasteiger partial charge in [0, 0.05) is 38.8 Å². The molecule has 0 bridgehead atoms. The molecule has 0 saturated carbocycles. The van der Waals surface area contributed by atoms with Gasteiger partial charge in [-0.1, -0.05) is 40.9 Å². The lowest BCUT2D eigenvalue weighted by Crippen LogP contribution is -2.39. The summed E-state index contributed by atoms with van der Waals surface area (Å²) in [4.78, 5) is 13.1. The highest BCUT2D eigenvalue weighted by atomic mass is 35.5. The van der Waals surface area contributed by atoms with Gasteiger partial charge in [-0.2, -0.15) is 5.10 Å². The SMILES string of the molecule is COc1ccc(OC)c(N(CC(=O)N/N=C\c2cc(C)n(-c3cc(Cl)cc(Cl)c3)c2C)S(=O)(=O)c2ccc(C)cc2)c1. The number of anilines is 1. The van der Waals surface area contributed by atoms with Crippen molar-refractivity contribution in [3.8, 4) is 17.2 Å². The number of nitrogens with zero attached hydrogens (tertiary/aromatic N) is 3. The zero-order chi connectivity index (χ0) is 30.6. The van der Waals surface area contributed by atoms with Gasteiger partial charge in [-0.05, 0) is 69.3 Å². The molecule has 3 aromatic carbocycles. The van der Waals surface area contributed by atoms with Crippen LogP contribution in [0.2, 0.25) is 10.0 Å². The van der Waals surface area contributed by atoms with Crippen LogP contribution in [0.5, 0.6) is 11.5 Å². The molecule has 0 aliphatic carbocycles. The van der Waals surface area contributed by atoms with Crippen LogP contribution >= 0.6 is 23.2 Å². The van der Waals surface area contributed by atoms with E-state index < -0.39 is 22.5 Å². The van der Waals surface area contributed by atoms with Crippen LogP contribution in [0.4, 0.5) is 5.69 Å². The van der Waals surface area contributed by atoms with Crippen molar-refractivity contribution in [1.82, 2.24) is 9.99 Å². The molecule has 4 aromatic rings. The third-order valence-corrected chi connectivity index (χ3v) is 8.73. The highest BCUT2D eigenvalue weighted by molar-refractivity contribution is 7.92. The minimum Gasteiger partial charge on any atom is -0.497 e. The van der Waals surface area contributed by atoms with Crippen LogP contribution in [0.1, 0.15) is 22.5 Å². The van der Waals surface area contributed by atoms with Gasteiger partial charge in [0.25, 0.3) is 15.9 Å². The van der Waals surface area contributed by atoms with Crippen LogP contribution in [0.15, 0.2) is 76.7 Å². The van der Waals surface area contributed by atoms with Crippen LogP contribution in [0, 0.1) is 20.8 Å². The molecule has 0 radical (unpaired) electrons. The molecule has 1 heterocycles. The summed E-state index contributed by atoms with van der Waals surface area (Å²) in [6, 6.07) is 18.2. The number of nitrogens with one attached hydrogen (secondary N) is 1. The highest BCUT2D eigenvalue weighted by Gasteiger charge is 2.30. The minimum absolute atomic E-state index is 0.0165. The lowest BCUT2D eigenvalue weighted by Gasteiger charge is -2.25. The Morgan fingerprint density at radius 3 is 2.24 bits per heavy atom. The van der Waals surface area contributed by atoms with Gasteiger partial charge >= 0.3 is 0 Å². The van der Waals surface area contributed by atoms with Crippen LogP contribution < -0.4 is 19.2 Å². The van der Waals surface area contributed by atoms with Crippen LogP contribution in [-0.2, 0) is 14.8 Å². The first-order valence-electron chi connectivity index (χ1n) is 12.7. The molecule has 0 aliphatic rings. The van der Waals surface area contributed by atoms with E-state index in [1.165, 1.54) is 38.6 Å². The van der Waals surface area contributed by atoms with E-state index in [0.29, 0.717) is 15.8 Å². The molecule has 4 rings (SSSR count). The number of carbonyl (C=O) groups is 1. The van der Waals surface area contributed by atoms with E-state index in [9.17, 15) is 13.2 Å². The average molecular weight is 630 g/mol. The van der Waals surface area contributed by atoms with E-state index in [4.69, 9.17) is 32.7 Å². The Morgan fingerprint density at radius 1 is 0.952 bits per heavy atom. The van der Waals surface area contributed by atoms with Gasteiger partial charge in [0.05, 0.1) is 31.0 Å². The van der Waals surface area contributed by atoms with Gasteiger partial charge in [-0.15, -0.1) is 0 Å². The summed E-state index contributed by atoms with van der Waals surface area (Å²) in [6.45, 7) is 5.10. The van der Waals surface area contributed by atoms with Crippen molar-refractivity contribution >= 4 is 51.0 Å². The molecule has 0 fully saturated rings. The van der Waals surface area contributed by atoms with Crippen molar-refractivity contribution in [2.75, 3.05) is 25.1 Å². The van der Waals surface area contributed by atoms with Crippen molar-refractivity contribution in [1.29, 1.82) is 0 Å². The largest absolute Gasteiger partial charge is 0.497 e. The Balaban J connectivity index is 1.62. The highest BCUT2D eigenvalue weighted by Crippen LogP contribution is 2.35. The topological polar surface area (TPSA) is 102 Å². The summed E-state index contributed by atoms with van der Waals surface area (Å²) < 4.78 is 41.3. The summed E-state index contributed by atoms with van der Waals surface area (Å²) in [5, 5.41) is 5.12. The van der Waals surface area contributed by atoms with E-state index in [1.807, 2.05) is 31.4 Å². The zero-order valence-corrected chi connectivity index (χ0v) is 26.0. The molecular weight excluding hydrogens is 599 g/mol. The summed E-state index contributed by atoms with van der Waals surface area (Å²) in [7, 11) is -1.31. The average Bonchev–Trinajstić information content (AvgIpc) is 3.23. The number of benzene rings is 3. The van der Waals surface area contributed by atoms with E-state index in [0.717, 1.165) is 32.5 Å². The molecule has 220 valence electrons. The van der Waals surface area contributed by atoms with Crippen LogP contribution in [0.3, 0.4) is 0 Å². The fourth-order valence-electron chi connectivity index (χ4n) is 4.45. The number of carbonyl (C=O) groups excluding carboxylic acids is 1. The predicted molar refractivity (Wildman–Crippen MR) is 166 cm³/mol. The molecule has 12 heteroatoms. The first kappa shape index (κ1) is 31.0. The van der Waals surface area contributed by atoms with Gasteiger partial charge < -0.3 is 14.0 Å². The third-order valence-electron chi connectivity index (χ3n) is 6.52. The molecule has 9 nitrogen and oxygen atoms in total. The number of sulfonamides is 1. The molecular formula is C30H30Cl2N4O5S. The lowest BCUT2D eigenvalue weighted by molar-refractivity contribution is -0.119. The Kier molecular flexibility index (Phi) is 9.50. The van der Waals surface area contributed by atoms with Gasteiger partial charge in [-0.3, -0.25) is 9.10 Å². The first-order chi connectivity index (χ1) is 19.9. The number of rotatable bonds is 10. The molecule has 42 heavy (non-hydrogen) atoms. The van der Waals surface area contributed by atoms with Gasteiger partial charge in [0.15, 0.2) is 0 Å². The molecule has 1 N–H and O–H groups in total. The summed E-state index contributed by atoms with van der Waals surface area (Å²) in [5.74, 6) is -0.0248. The number of halogens is 2. The van der Waals surface area contributed by atoms with Gasteiger partial charge in [0.2, 0.25) is 0 Å². The molecule has 0 atom stereocenters. The predicted octanol–water partition coefficient (Wildman–Crippen LogP) is 6.07. The lowest BCUT2D eigenvalue weighted by atomic mass is 10.2. The molecule has 0 aliphatic heterocycles. The molecule has 1 aromatic heterocycles. The third kappa shape index (κ3) is 6.73. The zero-order valence-electron chi connectivity index (χ0n) is 23.7. The second-order valence-corrected chi connectivity index (χ2v) is 12.2. The van der Waals surface area contributed by atoms with E-state index in [-0.39, 0.29) is 16.3 Å². The molecule has 0 spiro atoms. The number of hydrazone groups is 1. The number of ether oxygens (including phenoxy) is 2. The maximum absolute atomic E-state index is 13.8. The van der Waals surface area contributed by atoms with E-state index in [2.05, 4.69) is 10.5 Å². The van der Waals surface area contributed by atoms with Crippen molar-refractivity contribution in [2.24, 2.45) is 5.10 Å². The van der Waals surface area contributed by atoms with Crippen molar-refractivity contribution in [3.05, 3.63) is 99.3 Å². The van der Waals surface area contributed by atoms with Crippen molar-refractivity contribution < 1.29 is 22.7 Å². The maximum atomic E-state index is 13.8. The van der Waals surface area contributed by atoms with E-state index in [1.54, 1.807) is 42.5 Å². The normalized spacial score (nSPS) is 11.5. The smallest absolute Gasteiger partial charge is 0.264 e. The van der Waals surface area contributed by atoms with Gasteiger partial charge in [-0.25, -0.2) is 13.8 Å². The number of amides is 1. The fraction of sp³-hybridized carbons (Fsp3) is 0.200. The standard InChI is InChI=1S/C30H30Cl2N4O5S/c1-19-6-9-27(10-7-19)42(38,39)35(28-16-26(40-4)8-11-29(28)41-5)18-30(37)34-33-17-22-12-20(2)36(21(22)3)25-14-23(31)13-24(32)15-25/h6-17H,18H2,1-5H3,(H,34,37)/b33-17-.